The summed E-state index contributed by atoms with van der Waals surface area (Å²) < 4.78 is 5.46. The second-order valence-electron chi connectivity index (χ2n) is 4.28. The van der Waals surface area contributed by atoms with Gasteiger partial charge in [0.25, 0.3) is 0 Å². The van der Waals surface area contributed by atoms with E-state index in [1.165, 1.54) is 5.56 Å². The summed E-state index contributed by atoms with van der Waals surface area (Å²) in [4.78, 5) is 11.4. The predicted octanol–water partition coefficient (Wildman–Crippen LogP) is 0.800. The van der Waals surface area contributed by atoms with Crippen molar-refractivity contribution < 1.29 is 9.53 Å². The Morgan fingerprint density at radius 1 is 1.59 bits per heavy atom. The lowest BCUT2D eigenvalue weighted by Crippen LogP contribution is -2.24. The maximum absolute atomic E-state index is 11.4. The van der Waals surface area contributed by atoms with Crippen LogP contribution in [0, 0.1) is 0 Å². The molecule has 1 atom stereocenters. The fourth-order valence-electron chi connectivity index (χ4n) is 2.12. The Kier molecular flexibility index (Phi) is 3.64. The molecule has 0 spiro atoms. The van der Waals surface area contributed by atoms with E-state index in [-0.39, 0.29) is 11.8 Å². The van der Waals surface area contributed by atoms with Crippen LogP contribution in [0.5, 0.6) is 5.75 Å². The molecule has 0 aliphatic carbocycles. The number of hydrogen-bond acceptors (Lipinski definition) is 3. The highest BCUT2D eigenvalue weighted by Crippen LogP contribution is 2.29. The van der Waals surface area contributed by atoms with Crippen molar-refractivity contribution in [3.63, 3.8) is 0 Å². The number of benzene rings is 1. The predicted molar refractivity (Wildman–Crippen MR) is 66.1 cm³/mol. The van der Waals surface area contributed by atoms with Crippen LogP contribution in [0.1, 0.15) is 23.5 Å². The first kappa shape index (κ1) is 11.9. The monoisotopic (exact) mass is 234 g/mol. The van der Waals surface area contributed by atoms with Crippen LogP contribution in [-0.2, 0) is 11.2 Å². The number of nitrogens with two attached hydrogens (primary N) is 1. The summed E-state index contributed by atoms with van der Waals surface area (Å²) in [5.41, 5.74) is 8.09. The van der Waals surface area contributed by atoms with Gasteiger partial charge in [-0.15, -0.1) is 0 Å². The van der Waals surface area contributed by atoms with E-state index in [1.54, 1.807) is 7.05 Å². The summed E-state index contributed by atoms with van der Waals surface area (Å²) in [7, 11) is 1.65. The molecule has 0 radical (unpaired) electrons. The molecule has 3 N–H and O–H groups in total. The summed E-state index contributed by atoms with van der Waals surface area (Å²) in [6.07, 6.45) is 1.38. The highest BCUT2D eigenvalue weighted by Gasteiger charge is 2.18. The molecule has 1 aliphatic heterocycles. The minimum atomic E-state index is 0.0252. The zero-order valence-electron chi connectivity index (χ0n) is 10.0. The van der Waals surface area contributed by atoms with E-state index < -0.39 is 0 Å². The van der Waals surface area contributed by atoms with E-state index in [9.17, 15) is 4.79 Å². The van der Waals surface area contributed by atoms with Crippen molar-refractivity contribution in [3.8, 4) is 5.75 Å². The molecule has 1 heterocycles. The first-order valence-corrected chi connectivity index (χ1v) is 5.91. The third-order valence-electron chi connectivity index (χ3n) is 3.18. The Bertz CT molecular complexity index is 418. The molecule has 17 heavy (non-hydrogen) atoms. The molecule has 1 aromatic rings. The van der Waals surface area contributed by atoms with E-state index in [4.69, 9.17) is 10.5 Å². The number of nitrogens with one attached hydrogen (secondary N) is 1. The third-order valence-corrected chi connectivity index (χ3v) is 3.18. The van der Waals surface area contributed by atoms with Gasteiger partial charge < -0.3 is 15.8 Å². The number of fused-ring (bicyclic) bond motifs is 1. The fourth-order valence-corrected chi connectivity index (χ4v) is 2.12. The summed E-state index contributed by atoms with van der Waals surface area (Å²) in [6.45, 7) is 1.23. The van der Waals surface area contributed by atoms with Crippen LogP contribution in [0.15, 0.2) is 18.2 Å². The van der Waals surface area contributed by atoms with Gasteiger partial charge in [0.2, 0.25) is 5.91 Å². The minimum Gasteiger partial charge on any atom is -0.493 e. The third kappa shape index (κ3) is 2.58. The van der Waals surface area contributed by atoms with Gasteiger partial charge in [-0.2, -0.15) is 0 Å². The molecule has 0 aromatic heterocycles. The second-order valence-corrected chi connectivity index (χ2v) is 4.28. The van der Waals surface area contributed by atoms with Gasteiger partial charge in [-0.25, -0.2) is 0 Å². The topological polar surface area (TPSA) is 64.4 Å². The molecule has 2 rings (SSSR count). The summed E-state index contributed by atoms with van der Waals surface area (Å²) in [6, 6.07) is 6.09. The number of carbonyl (C=O) groups is 1. The lowest BCUT2D eigenvalue weighted by atomic mass is 9.93. The zero-order chi connectivity index (χ0) is 12.3. The highest BCUT2D eigenvalue weighted by molar-refractivity contribution is 5.76. The van der Waals surface area contributed by atoms with Crippen molar-refractivity contribution in [2.75, 3.05) is 20.2 Å². The maximum Gasteiger partial charge on any atom is 0.220 e. The smallest absolute Gasteiger partial charge is 0.220 e. The number of carbonyl (C=O) groups excluding carboxylic acids is 1. The van der Waals surface area contributed by atoms with Crippen LogP contribution in [0.2, 0.25) is 0 Å². The number of amides is 1. The van der Waals surface area contributed by atoms with Crippen LogP contribution in [-0.4, -0.2) is 26.1 Å². The van der Waals surface area contributed by atoms with Gasteiger partial charge in [0, 0.05) is 25.8 Å². The van der Waals surface area contributed by atoms with Crippen LogP contribution in [0.4, 0.5) is 0 Å². The Hall–Kier alpha value is -1.55. The number of ether oxygens (including phenoxy) is 1. The molecule has 0 saturated carbocycles. The van der Waals surface area contributed by atoms with E-state index in [0.29, 0.717) is 13.0 Å². The van der Waals surface area contributed by atoms with Crippen LogP contribution in [0.3, 0.4) is 0 Å². The van der Waals surface area contributed by atoms with E-state index >= 15 is 0 Å². The molecule has 0 saturated heterocycles. The van der Waals surface area contributed by atoms with Crippen molar-refractivity contribution in [1.82, 2.24) is 5.32 Å². The zero-order valence-corrected chi connectivity index (χ0v) is 10.0. The average Bonchev–Trinajstić information content (AvgIpc) is 2.82. The van der Waals surface area contributed by atoms with Crippen LogP contribution < -0.4 is 15.8 Å². The fraction of sp³-hybridized carbons (Fsp3) is 0.462. The Balaban J connectivity index is 2.16. The molecule has 1 amide bonds. The molecule has 4 heteroatoms. The van der Waals surface area contributed by atoms with Gasteiger partial charge in [0.1, 0.15) is 5.75 Å². The van der Waals surface area contributed by atoms with Crippen molar-refractivity contribution >= 4 is 5.91 Å². The van der Waals surface area contributed by atoms with E-state index in [2.05, 4.69) is 11.4 Å². The van der Waals surface area contributed by atoms with Gasteiger partial charge in [-0.05, 0) is 23.7 Å². The lowest BCUT2D eigenvalue weighted by molar-refractivity contribution is -0.120. The largest absolute Gasteiger partial charge is 0.493 e. The molecule has 0 bridgehead atoms. The molecule has 92 valence electrons. The van der Waals surface area contributed by atoms with E-state index in [0.717, 1.165) is 24.3 Å². The lowest BCUT2D eigenvalue weighted by Gasteiger charge is -2.15. The van der Waals surface area contributed by atoms with Gasteiger partial charge in [0.15, 0.2) is 0 Å². The average molecular weight is 234 g/mol. The minimum absolute atomic E-state index is 0.0252. The molecule has 1 unspecified atom stereocenters. The molecular weight excluding hydrogens is 216 g/mol. The number of hydrogen-bond donors (Lipinski definition) is 2. The summed E-state index contributed by atoms with van der Waals surface area (Å²) in [5.74, 6) is 1.07. The van der Waals surface area contributed by atoms with Gasteiger partial charge in [-0.3, -0.25) is 4.79 Å². The second kappa shape index (κ2) is 5.19. The first-order valence-electron chi connectivity index (χ1n) is 5.91. The standard InChI is InChI=1S/C13H18N2O2/c1-15-13(16)7-11(8-14)9-2-3-12-10(6-9)4-5-17-12/h2-3,6,11H,4-5,7-8,14H2,1H3,(H,15,16). The van der Waals surface area contributed by atoms with E-state index in [1.807, 2.05) is 12.1 Å². The van der Waals surface area contributed by atoms with Crippen molar-refractivity contribution in [3.05, 3.63) is 29.3 Å². The molecule has 4 nitrogen and oxygen atoms in total. The normalized spacial score (nSPS) is 14.9. The Morgan fingerprint density at radius 3 is 3.12 bits per heavy atom. The van der Waals surface area contributed by atoms with Crippen LogP contribution in [0.25, 0.3) is 0 Å². The molecule has 1 aliphatic rings. The maximum atomic E-state index is 11.4. The van der Waals surface area contributed by atoms with Crippen molar-refractivity contribution in [2.45, 2.75) is 18.8 Å². The van der Waals surface area contributed by atoms with Gasteiger partial charge >= 0.3 is 0 Å². The van der Waals surface area contributed by atoms with Crippen molar-refractivity contribution in [1.29, 1.82) is 0 Å². The SMILES string of the molecule is CNC(=O)CC(CN)c1ccc2c(c1)CCO2. The van der Waals surface area contributed by atoms with Crippen LogP contribution >= 0.6 is 0 Å². The molecule has 0 fully saturated rings. The summed E-state index contributed by atoms with van der Waals surface area (Å²) in [5, 5.41) is 2.63. The van der Waals surface area contributed by atoms with Crippen molar-refractivity contribution in [2.24, 2.45) is 5.73 Å². The Labute approximate surface area is 101 Å². The van der Waals surface area contributed by atoms with Gasteiger partial charge in [-0.1, -0.05) is 12.1 Å². The molecule has 1 aromatic carbocycles. The highest BCUT2D eigenvalue weighted by atomic mass is 16.5. The number of rotatable bonds is 4. The molecular formula is C13H18N2O2. The quantitative estimate of drug-likeness (QED) is 0.810. The summed E-state index contributed by atoms with van der Waals surface area (Å²) >= 11 is 0. The first-order chi connectivity index (χ1) is 8.24. The Morgan fingerprint density at radius 2 is 2.41 bits per heavy atom. The van der Waals surface area contributed by atoms with Gasteiger partial charge in [0.05, 0.1) is 6.61 Å².